The molecule has 1 saturated heterocycles. The second-order valence-electron chi connectivity index (χ2n) is 2.18. The number of aldehydes is 1. The third kappa shape index (κ3) is 2.50. The minimum absolute atomic E-state index is 0.352. The summed E-state index contributed by atoms with van der Waals surface area (Å²) in [5.41, 5.74) is 0. The number of aliphatic hydroxyl groups is 1. The first-order valence-corrected chi connectivity index (χ1v) is 3.59. The average Bonchev–Trinajstić information content (AvgIpc) is 2.54. The van der Waals surface area contributed by atoms with Gasteiger partial charge in [-0.1, -0.05) is 0 Å². The molecular weight excluding hydrogens is 162 g/mol. The smallest absolute Gasteiger partial charge is 0.410 e. The van der Waals surface area contributed by atoms with Crippen molar-refractivity contribution in [2.75, 3.05) is 20.3 Å². The third-order valence-electron chi connectivity index (χ3n) is 1.48. The molecule has 70 valence electrons. The SMILES string of the molecule is CC(C=O)N1CCOC1=O.CO. The number of rotatable bonds is 2. The Morgan fingerprint density at radius 2 is 2.25 bits per heavy atom. The summed E-state index contributed by atoms with van der Waals surface area (Å²) in [6, 6.07) is -0.352. The Hall–Kier alpha value is -1.10. The van der Waals surface area contributed by atoms with Gasteiger partial charge in [0.15, 0.2) is 0 Å². The van der Waals surface area contributed by atoms with Crippen molar-refractivity contribution in [3.05, 3.63) is 0 Å². The van der Waals surface area contributed by atoms with E-state index in [0.717, 1.165) is 13.4 Å². The first kappa shape index (κ1) is 10.9. The number of carbonyl (C=O) groups excluding carboxylic acids is 2. The highest BCUT2D eigenvalue weighted by Crippen LogP contribution is 2.05. The molecule has 0 spiro atoms. The molecule has 0 aromatic carbocycles. The fourth-order valence-corrected chi connectivity index (χ4v) is 0.849. The Labute approximate surface area is 70.9 Å². The molecule has 1 amide bonds. The molecule has 5 nitrogen and oxygen atoms in total. The Morgan fingerprint density at radius 3 is 2.58 bits per heavy atom. The molecule has 1 N–H and O–H groups in total. The lowest BCUT2D eigenvalue weighted by Crippen LogP contribution is -2.34. The van der Waals surface area contributed by atoms with Crippen LogP contribution in [0.1, 0.15) is 6.92 Å². The summed E-state index contributed by atoms with van der Waals surface area (Å²) in [6.07, 6.45) is 0.339. The lowest BCUT2D eigenvalue weighted by atomic mass is 10.3. The molecule has 5 heteroatoms. The topological polar surface area (TPSA) is 66.8 Å². The second-order valence-corrected chi connectivity index (χ2v) is 2.18. The van der Waals surface area contributed by atoms with Crippen molar-refractivity contribution < 1.29 is 19.4 Å². The van der Waals surface area contributed by atoms with Gasteiger partial charge in [-0.25, -0.2) is 4.79 Å². The highest BCUT2D eigenvalue weighted by molar-refractivity contribution is 5.74. The van der Waals surface area contributed by atoms with Crippen LogP contribution in [-0.4, -0.2) is 48.7 Å². The molecular formula is C7H13NO4. The van der Waals surface area contributed by atoms with E-state index in [9.17, 15) is 9.59 Å². The van der Waals surface area contributed by atoms with E-state index in [2.05, 4.69) is 4.74 Å². The molecule has 12 heavy (non-hydrogen) atoms. The fraction of sp³-hybridized carbons (Fsp3) is 0.714. The first-order chi connectivity index (χ1) is 5.75. The van der Waals surface area contributed by atoms with Gasteiger partial charge in [-0.2, -0.15) is 0 Å². The molecule has 1 rings (SSSR count). The second kappa shape index (κ2) is 5.54. The molecule has 1 atom stereocenters. The molecule has 1 unspecified atom stereocenters. The lowest BCUT2D eigenvalue weighted by molar-refractivity contribution is -0.111. The maximum absolute atomic E-state index is 10.7. The van der Waals surface area contributed by atoms with E-state index in [-0.39, 0.29) is 12.1 Å². The van der Waals surface area contributed by atoms with Gasteiger partial charge in [0.25, 0.3) is 0 Å². The fourth-order valence-electron chi connectivity index (χ4n) is 0.849. The van der Waals surface area contributed by atoms with Crippen LogP contribution in [0, 0.1) is 0 Å². The van der Waals surface area contributed by atoms with E-state index < -0.39 is 0 Å². The van der Waals surface area contributed by atoms with Gasteiger partial charge in [0, 0.05) is 7.11 Å². The zero-order chi connectivity index (χ0) is 9.56. The van der Waals surface area contributed by atoms with Crippen molar-refractivity contribution in [1.29, 1.82) is 0 Å². The van der Waals surface area contributed by atoms with Crippen LogP contribution in [0.4, 0.5) is 4.79 Å². The zero-order valence-corrected chi connectivity index (χ0v) is 7.19. The average molecular weight is 175 g/mol. The summed E-state index contributed by atoms with van der Waals surface area (Å²) in [5, 5.41) is 7.00. The molecule has 1 aliphatic heterocycles. The highest BCUT2D eigenvalue weighted by atomic mass is 16.6. The van der Waals surface area contributed by atoms with Gasteiger partial charge in [-0.05, 0) is 6.92 Å². The number of nitrogens with zero attached hydrogens (tertiary/aromatic N) is 1. The monoisotopic (exact) mass is 175 g/mol. The van der Waals surface area contributed by atoms with Crippen LogP contribution >= 0.6 is 0 Å². The number of amides is 1. The first-order valence-electron chi connectivity index (χ1n) is 3.59. The summed E-state index contributed by atoms with van der Waals surface area (Å²) in [4.78, 5) is 22.3. The Morgan fingerprint density at radius 1 is 1.67 bits per heavy atom. The maximum Gasteiger partial charge on any atom is 0.410 e. The quantitative estimate of drug-likeness (QED) is 0.582. The number of carbonyl (C=O) groups is 2. The zero-order valence-electron chi connectivity index (χ0n) is 7.19. The third-order valence-corrected chi connectivity index (χ3v) is 1.48. The maximum atomic E-state index is 10.7. The summed E-state index contributed by atoms with van der Waals surface area (Å²) in [7, 11) is 1.00. The van der Waals surface area contributed by atoms with E-state index in [0.29, 0.717) is 13.2 Å². The van der Waals surface area contributed by atoms with Gasteiger partial charge < -0.3 is 14.6 Å². The molecule has 0 aromatic heterocycles. The van der Waals surface area contributed by atoms with Crippen molar-refractivity contribution >= 4 is 12.4 Å². The number of aliphatic hydroxyl groups excluding tert-OH is 1. The van der Waals surface area contributed by atoms with Crippen molar-refractivity contribution in [2.45, 2.75) is 13.0 Å². The summed E-state index contributed by atoms with van der Waals surface area (Å²) >= 11 is 0. The number of hydrogen-bond donors (Lipinski definition) is 1. The van der Waals surface area contributed by atoms with E-state index in [1.807, 2.05) is 0 Å². The van der Waals surface area contributed by atoms with Crippen molar-refractivity contribution in [3.63, 3.8) is 0 Å². The van der Waals surface area contributed by atoms with Crippen LogP contribution in [0.5, 0.6) is 0 Å². The van der Waals surface area contributed by atoms with Crippen molar-refractivity contribution in [3.8, 4) is 0 Å². The Kier molecular flexibility index (Phi) is 5.03. The van der Waals surface area contributed by atoms with Crippen LogP contribution in [0.2, 0.25) is 0 Å². The number of cyclic esters (lactones) is 1. The minimum Gasteiger partial charge on any atom is -0.448 e. The van der Waals surface area contributed by atoms with Gasteiger partial charge in [0.2, 0.25) is 0 Å². The van der Waals surface area contributed by atoms with Gasteiger partial charge in [0.05, 0.1) is 12.6 Å². The van der Waals surface area contributed by atoms with Gasteiger partial charge in [0.1, 0.15) is 12.9 Å². The largest absolute Gasteiger partial charge is 0.448 e. The molecule has 0 bridgehead atoms. The van der Waals surface area contributed by atoms with Crippen LogP contribution in [0.25, 0.3) is 0 Å². The summed E-state index contributed by atoms with van der Waals surface area (Å²) in [5.74, 6) is 0. The van der Waals surface area contributed by atoms with E-state index in [1.54, 1.807) is 6.92 Å². The molecule has 0 saturated carbocycles. The number of ether oxygens (including phenoxy) is 1. The van der Waals surface area contributed by atoms with Crippen molar-refractivity contribution in [1.82, 2.24) is 4.90 Å². The highest BCUT2D eigenvalue weighted by Gasteiger charge is 2.25. The van der Waals surface area contributed by atoms with Crippen molar-refractivity contribution in [2.24, 2.45) is 0 Å². The molecule has 1 aliphatic rings. The summed E-state index contributed by atoms with van der Waals surface area (Å²) in [6.45, 7) is 2.59. The molecule has 1 heterocycles. The Balaban J connectivity index is 0.000000561. The predicted molar refractivity (Wildman–Crippen MR) is 41.7 cm³/mol. The normalized spacial score (nSPS) is 17.6. The number of hydrogen-bond acceptors (Lipinski definition) is 4. The molecule has 0 aromatic rings. The van der Waals surface area contributed by atoms with E-state index >= 15 is 0 Å². The predicted octanol–water partition coefficient (Wildman–Crippen LogP) is -0.365. The van der Waals surface area contributed by atoms with Crippen LogP contribution in [0.3, 0.4) is 0 Å². The molecule has 0 aliphatic carbocycles. The minimum atomic E-state index is -0.389. The van der Waals surface area contributed by atoms with Gasteiger partial charge in [-0.3, -0.25) is 4.90 Å². The Bertz CT molecular complexity index is 159. The lowest BCUT2D eigenvalue weighted by Gasteiger charge is -2.14. The standard InChI is InChI=1S/C6H9NO3.CH4O/c1-5(4-8)7-2-3-10-6(7)9;1-2/h4-5H,2-3H2,1H3;2H,1H3. The van der Waals surface area contributed by atoms with Gasteiger partial charge in [-0.15, -0.1) is 0 Å². The molecule has 1 fully saturated rings. The van der Waals surface area contributed by atoms with Gasteiger partial charge >= 0.3 is 6.09 Å². The van der Waals surface area contributed by atoms with E-state index in [4.69, 9.17) is 5.11 Å². The van der Waals surface area contributed by atoms with Crippen LogP contribution in [0.15, 0.2) is 0 Å². The molecule has 0 radical (unpaired) electrons. The van der Waals surface area contributed by atoms with Crippen LogP contribution in [-0.2, 0) is 9.53 Å². The van der Waals surface area contributed by atoms with Crippen LogP contribution < -0.4 is 0 Å². The van der Waals surface area contributed by atoms with E-state index in [1.165, 1.54) is 4.90 Å². The summed E-state index contributed by atoms with van der Waals surface area (Å²) < 4.78 is 4.62.